The number of anilines is 1. The van der Waals surface area contributed by atoms with Gasteiger partial charge in [-0.1, -0.05) is 72.8 Å². The first kappa shape index (κ1) is 30.7. The smallest absolute Gasteiger partial charge is 0.269 e. The number of aliphatic hydroxyl groups excluding tert-OH is 1. The second kappa shape index (κ2) is 11.9. The molecule has 2 aliphatic rings. The van der Waals surface area contributed by atoms with Gasteiger partial charge in [0.1, 0.15) is 0 Å². The molecule has 0 radical (unpaired) electrons. The molecule has 1 N–H and O–H groups in total. The largest absolute Gasteiger partial charge is 0.395 e. The lowest BCUT2D eigenvalue weighted by Gasteiger charge is -2.31. The van der Waals surface area contributed by atoms with Crippen LogP contribution in [0.1, 0.15) is 41.6 Å². The van der Waals surface area contributed by atoms with E-state index in [0.29, 0.717) is 29.9 Å². The summed E-state index contributed by atoms with van der Waals surface area (Å²) in [7, 11) is -3.43. The lowest BCUT2D eigenvalue weighted by Crippen LogP contribution is -2.45. The normalized spacial score (nSPS) is 23.4. The predicted octanol–water partition coefficient (Wildman–Crippen LogP) is 5.72. The minimum atomic E-state index is -3.43. The molecule has 4 aromatic rings. The van der Waals surface area contributed by atoms with Crippen LogP contribution in [-0.2, 0) is 28.2 Å². The number of benzene rings is 3. The van der Waals surface area contributed by atoms with Crippen molar-refractivity contribution in [3.8, 4) is 0 Å². The number of nitro groups is 1. The highest BCUT2D eigenvalue weighted by atomic mass is 28.4. The summed E-state index contributed by atoms with van der Waals surface area (Å²) in [6.07, 6.45) is 1.48. The molecule has 1 aromatic heterocycles. The lowest BCUT2D eigenvalue weighted by molar-refractivity contribution is -0.385. The summed E-state index contributed by atoms with van der Waals surface area (Å²) in [6.45, 7) is 5.55. The number of halogens is 1. The van der Waals surface area contributed by atoms with Gasteiger partial charge in [0.25, 0.3) is 11.6 Å². The van der Waals surface area contributed by atoms with Crippen molar-refractivity contribution in [1.82, 2.24) is 15.0 Å². The first-order valence-electron chi connectivity index (χ1n) is 15.1. The van der Waals surface area contributed by atoms with Crippen molar-refractivity contribution in [3.05, 3.63) is 118 Å². The Kier molecular flexibility index (Phi) is 8.14. The van der Waals surface area contributed by atoms with Crippen molar-refractivity contribution in [1.29, 1.82) is 0 Å². The third-order valence-electron chi connectivity index (χ3n) is 9.28. The van der Waals surface area contributed by atoms with Gasteiger partial charge in [-0.2, -0.15) is 0 Å². The molecule has 12 heteroatoms. The van der Waals surface area contributed by atoms with Gasteiger partial charge in [0, 0.05) is 41.9 Å². The number of aliphatic hydroxyl groups is 1. The van der Waals surface area contributed by atoms with E-state index in [9.17, 15) is 20.0 Å². The monoisotopic (exact) mass is 629 g/mol. The number of rotatable bonds is 10. The number of amides is 1. The third kappa shape index (κ3) is 5.47. The number of hydrogen-bond donors (Lipinski definition) is 1. The van der Waals surface area contributed by atoms with Crippen LogP contribution in [0.4, 0.5) is 15.5 Å². The minimum absolute atomic E-state index is 0.134. The second-order valence-electron chi connectivity index (χ2n) is 12.4. The van der Waals surface area contributed by atoms with Gasteiger partial charge < -0.3 is 18.9 Å². The number of fused-ring (bicyclic) bond motifs is 2. The van der Waals surface area contributed by atoms with E-state index in [-0.39, 0.29) is 30.7 Å². The van der Waals surface area contributed by atoms with Crippen molar-refractivity contribution in [2.75, 3.05) is 11.5 Å². The van der Waals surface area contributed by atoms with E-state index in [1.807, 2.05) is 67.6 Å². The van der Waals surface area contributed by atoms with Gasteiger partial charge >= 0.3 is 0 Å². The summed E-state index contributed by atoms with van der Waals surface area (Å²) in [6, 6.07) is 23.5. The molecule has 3 aromatic carbocycles. The molecule has 1 fully saturated rings. The molecular weight excluding hydrogens is 593 g/mol. The SMILES string of the molecule is C[C@H]1[C@H]([Si](C)(C)F)[C@@H](CCn2cc(C(CO)c3ccccc3)nn2)O[C@]12C(=O)N(Cc1ccccc1)c1ccc([N+](=O)[O-])cc12. The van der Waals surface area contributed by atoms with Crippen LogP contribution >= 0.6 is 0 Å². The molecule has 45 heavy (non-hydrogen) atoms. The van der Waals surface area contributed by atoms with Crippen LogP contribution < -0.4 is 4.90 Å². The summed E-state index contributed by atoms with van der Waals surface area (Å²) in [5.74, 6) is -1.25. The average Bonchev–Trinajstić information content (AvgIpc) is 3.68. The Labute approximate surface area is 261 Å². The Morgan fingerprint density at radius 1 is 1.11 bits per heavy atom. The Morgan fingerprint density at radius 2 is 1.80 bits per heavy atom. The van der Waals surface area contributed by atoms with E-state index >= 15 is 4.11 Å². The van der Waals surface area contributed by atoms with Crippen LogP contribution in [0.2, 0.25) is 18.6 Å². The van der Waals surface area contributed by atoms with Gasteiger partial charge in [-0.3, -0.25) is 19.6 Å². The minimum Gasteiger partial charge on any atom is -0.395 e. The first-order chi connectivity index (χ1) is 21.5. The van der Waals surface area contributed by atoms with Crippen LogP contribution in [0, 0.1) is 16.0 Å². The molecule has 2 aliphatic heterocycles. The molecule has 234 valence electrons. The van der Waals surface area contributed by atoms with Crippen molar-refractivity contribution in [2.45, 2.75) is 62.7 Å². The van der Waals surface area contributed by atoms with Crippen molar-refractivity contribution in [3.63, 3.8) is 0 Å². The second-order valence-corrected chi connectivity index (χ2v) is 16.2. The van der Waals surface area contributed by atoms with Crippen LogP contribution in [0.15, 0.2) is 85.1 Å². The van der Waals surface area contributed by atoms with Gasteiger partial charge in [-0.25, -0.2) is 0 Å². The molecule has 0 bridgehead atoms. The topological polar surface area (TPSA) is 124 Å². The average molecular weight is 630 g/mol. The zero-order valence-electron chi connectivity index (χ0n) is 25.4. The molecule has 1 amide bonds. The number of aryl methyl sites for hydroxylation is 1. The van der Waals surface area contributed by atoms with Crippen molar-refractivity contribution < 1.29 is 23.7 Å². The summed E-state index contributed by atoms with van der Waals surface area (Å²) in [4.78, 5) is 27.4. The Hall–Kier alpha value is -4.26. The zero-order chi connectivity index (χ0) is 31.9. The highest BCUT2D eigenvalue weighted by Gasteiger charge is 2.66. The molecule has 6 rings (SSSR count). The van der Waals surface area contributed by atoms with E-state index in [2.05, 4.69) is 10.3 Å². The Balaban J connectivity index is 1.33. The fourth-order valence-electron chi connectivity index (χ4n) is 7.24. The summed E-state index contributed by atoms with van der Waals surface area (Å²) >= 11 is 0. The highest BCUT2D eigenvalue weighted by molar-refractivity contribution is 6.72. The van der Waals surface area contributed by atoms with Gasteiger partial charge in [-0.05, 0) is 36.7 Å². The van der Waals surface area contributed by atoms with Crippen LogP contribution in [0.5, 0.6) is 0 Å². The highest BCUT2D eigenvalue weighted by Crippen LogP contribution is 2.60. The number of nitro benzene ring substituents is 1. The lowest BCUT2D eigenvalue weighted by atomic mass is 9.82. The molecular formula is C33H36FN5O5Si. The predicted molar refractivity (Wildman–Crippen MR) is 169 cm³/mol. The molecule has 0 saturated carbocycles. The van der Waals surface area contributed by atoms with Crippen LogP contribution in [-0.4, -0.2) is 52.0 Å². The fraction of sp³-hybridized carbons (Fsp3) is 0.364. The molecule has 0 aliphatic carbocycles. The standard InChI is InChI=1S/C33H36FN5O5Si/c1-22-31(45(2,3)34)30(16-17-37-20-28(35-36-37)26(21-40)24-12-8-5-9-13-24)44-33(22)27-18-25(39(42)43)14-15-29(27)38(32(33)41)19-23-10-6-4-7-11-23/h4-15,18,20,22,26,30-31,40H,16-17,19,21H2,1-3H3/t22-,26?,30+,31-,33+/m0/s1. The maximum absolute atomic E-state index is 16.2. The number of nitrogens with zero attached hydrogens (tertiary/aromatic N) is 5. The number of ether oxygens (including phenoxy) is 1. The van der Waals surface area contributed by atoms with E-state index in [1.54, 1.807) is 34.9 Å². The molecule has 3 heterocycles. The Morgan fingerprint density at radius 3 is 2.44 bits per heavy atom. The number of carbonyl (C=O) groups is 1. The van der Waals surface area contributed by atoms with E-state index in [0.717, 1.165) is 11.1 Å². The maximum Gasteiger partial charge on any atom is 0.269 e. The third-order valence-corrected chi connectivity index (χ3v) is 11.7. The van der Waals surface area contributed by atoms with Crippen LogP contribution in [0.25, 0.3) is 0 Å². The molecule has 1 unspecified atom stereocenters. The number of aromatic nitrogens is 3. The summed E-state index contributed by atoms with van der Waals surface area (Å²) in [5.41, 5.74) is 1.09. The number of carbonyl (C=O) groups excluding carboxylic acids is 1. The summed E-state index contributed by atoms with van der Waals surface area (Å²) < 4.78 is 24.6. The quantitative estimate of drug-likeness (QED) is 0.103. The number of non-ortho nitro benzene ring substituents is 1. The van der Waals surface area contributed by atoms with Gasteiger partial charge in [-0.15, -0.1) is 5.10 Å². The first-order valence-corrected chi connectivity index (χ1v) is 18.1. The van der Waals surface area contributed by atoms with Gasteiger partial charge in [0.2, 0.25) is 8.41 Å². The van der Waals surface area contributed by atoms with Crippen molar-refractivity contribution in [2.24, 2.45) is 5.92 Å². The Bertz CT molecular complexity index is 1700. The number of hydrogen-bond acceptors (Lipinski definition) is 7. The zero-order valence-corrected chi connectivity index (χ0v) is 26.4. The van der Waals surface area contributed by atoms with Crippen molar-refractivity contribution >= 4 is 25.7 Å². The molecule has 1 saturated heterocycles. The molecule has 1 spiro atoms. The summed E-state index contributed by atoms with van der Waals surface area (Å²) in [5, 5.41) is 30.5. The van der Waals surface area contributed by atoms with Gasteiger partial charge in [0.15, 0.2) is 5.60 Å². The maximum atomic E-state index is 16.2. The van der Waals surface area contributed by atoms with Crippen LogP contribution in [0.3, 0.4) is 0 Å². The van der Waals surface area contributed by atoms with E-state index in [4.69, 9.17) is 4.74 Å². The van der Waals surface area contributed by atoms with Gasteiger partial charge in [0.05, 0.1) is 41.5 Å². The molecule has 10 nitrogen and oxygen atoms in total. The van der Waals surface area contributed by atoms with E-state index < -0.39 is 36.5 Å². The fourth-order valence-corrected chi connectivity index (χ4v) is 9.78. The molecule has 5 atom stereocenters. The van der Waals surface area contributed by atoms with E-state index in [1.165, 1.54) is 12.1 Å².